The van der Waals surface area contributed by atoms with Crippen LogP contribution in [0.25, 0.3) is 5.76 Å². The zero-order valence-corrected chi connectivity index (χ0v) is 18.0. The number of Topliss-reactive ketones (excluding diaryl/α,β-unsaturated/α-hetero) is 1. The number of phenols is 1. The molecule has 0 aliphatic carbocycles. The van der Waals surface area contributed by atoms with Crippen molar-refractivity contribution in [3.8, 4) is 11.5 Å². The largest absolute Gasteiger partial charge is 0.508 e. The highest BCUT2D eigenvalue weighted by molar-refractivity contribution is 6.51. The third kappa shape index (κ3) is 3.88. The Kier molecular flexibility index (Phi) is 5.27. The SMILES string of the molecule is O=C1C(=O)N(c2ccc(C(F)(F)F)cc2)C(c2cccc(O)c2)/C1=C(/O)c1ccc2c(c1)CCO2. The first-order chi connectivity index (χ1) is 16.6. The van der Waals surface area contributed by atoms with Crippen LogP contribution >= 0.6 is 0 Å². The molecule has 2 aliphatic rings. The number of aliphatic hydroxyl groups is 1. The lowest BCUT2D eigenvalue weighted by Gasteiger charge is -2.26. The van der Waals surface area contributed by atoms with Crippen molar-refractivity contribution in [2.45, 2.75) is 18.6 Å². The van der Waals surface area contributed by atoms with Gasteiger partial charge in [-0.15, -0.1) is 0 Å². The normalized spacial score (nSPS) is 19.1. The van der Waals surface area contributed by atoms with Crippen LogP contribution in [0.2, 0.25) is 0 Å². The zero-order chi connectivity index (χ0) is 24.9. The van der Waals surface area contributed by atoms with Crippen molar-refractivity contribution in [2.75, 3.05) is 11.5 Å². The average Bonchev–Trinajstić information content (AvgIpc) is 3.40. The summed E-state index contributed by atoms with van der Waals surface area (Å²) in [6.45, 7) is 0.487. The minimum absolute atomic E-state index is 0.0369. The minimum atomic E-state index is -4.57. The van der Waals surface area contributed by atoms with Crippen molar-refractivity contribution in [1.29, 1.82) is 0 Å². The number of ether oxygens (including phenoxy) is 1. The second-order valence-electron chi connectivity index (χ2n) is 8.23. The van der Waals surface area contributed by atoms with Gasteiger partial charge in [0.1, 0.15) is 17.3 Å². The van der Waals surface area contributed by atoms with E-state index in [0.29, 0.717) is 29.9 Å². The third-order valence-corrected chi connectivity index (χ3v) is 6.07. The summed E-state index contributed by atoms with van der Waals surface area (Å²) in [7, 11) is 0. The van der Waals surface area contributed by atoms with Gasteiger partial charge in [0.15, 0.2) is 0 Å². The van der Waals surface area contributed by atoms with E-state index in [0.717, 1.165) is 34.7 Å². The highest BCUT2D eigenvalue weighted by Gasteiger charge is 2.47. The number of aliphatic hydroxyl groups excluding tert-OH is 1. The minimum Gasteiger partial charge on any atom is -0.508 e. The number of benzene rings is 3. The van der Waals surface area contributed by atoms with E-state index in [4.69, 9.17) is 4.74 Å². The van der Waals surface area contributed by atoms with Gasteiger partial charge in [-0.25, -0.2) is 0 Å². The lowest BCUT2D eigenvalue weighted by molar-refractivity contribution is -0.137. The maximum atomic E-state index is 13.2. The maximum absolute atomic E-state index is 13.2. The summed E-state index contributed by atoms with van der Waals surface area (Å²) >= 11 is 0. The first kappa shape index (κ1) is 22.5. The Bertz CT molecular complexity index is 1380. The van der Waals surface area contributed by atoms with Gasteiger partial charge in [-0.2, -0.15) is 13.2 Å². The standard InChI is InChI=1S/C26H18F3NO5/c27-26(28,29)17-5-7-18(8-6-17)30-22(15-2-1-3-19(31)13-15)21(24(33)25(30)34)23(32)16-4-9-20-14(12-16)10-11-35-20/h1-9,12-13,22,31-32H,10-11H2/b23-21-. The summed E-state index contributed by atoms with van der Waals surface area (Å²) < 4.78 is 44.7. The number of rotatable bonds is 3. The molecule has 3 aromatic carbocycles. The summed E-state index contributed by atoms with van der Waals surface area (Å²) in [5, 5.41) is 21.2. The smallest absolute Gasteiger partial charge is 0.416 e. The molecule has 5 rings (SSSR count). The van der Waals surface area contributed by atoms with Crippen LogP contribution in [0.1, 0.15) is 28.3 Å². The lowest BCUT2D eigenvalue weighted by atomic mass is 9.94. The van der Waals surface area contributed by atoms with Crippen molar-refractivity contribution in [1.82, 2.24) is 0 Å². The zero-order valence-electron chi connectivity index (χ0n) is 18.0. The highest BCUT2D eigenvalue weighted by atomic mass is 19.4. The molecule has 0 spiro atoms. The van der Waals surface area contributed by atoms with Gasteiger partial charge in [0.05, 0.1) is 23.8 Å². The number of hydrogen-bond donors (Lipinski definition) is 2. The van der Waals surface area contributed by atoms with Gasteiger partial charge < -0.3 is 14.9 Å². The van der Waals surface area contributed by atoms with Gasteiger partial charge >= 0.3 is 6.18 Å². The van der Waals surface area contributed by atoms with E-state index in [1.54, 1.807) is 24.3 Å². The Morgan fingerprint density at radius 2 is 1.74 bits per heavy atom. The van der Waals surface area contributed by atoms with Gasteiger partial charge in [0.25, 0.3) is 11.7 Å². The molecule has 9 heteroatoms. The van der Waals surface area contributed by atoms with Crippen LogP contribution in [0, 0.1) is 0 Å². The Balaban J connectivity index is 1.67. The fourth-order valence-electron chi connectivity index (χ4n) is 4.41. The summed E-state index contributed by atoms with van der Waals surface area (Å²) in [6, 6.07) is 13.3. The number of carbonyl (C=O) groups is 2. The Labute approximate surface area is 197 Å². The molecular weight excluding hydrogens is 463 g/mol. The maximum Gasteiger partial charge on any atom is 0.416 e. The predicted molar refractivity (Wildman–Crippen MR) is 120 cm³/mol. The number of carbonyl (C=O) groups excluding carboxylic acids is 2. The number of halogens is 3. The second-order valence-corrected chi connectivity index (χ2v) is 8.23. The van der Waals surface area contributed by atoms with Crippen LogP contribution < -0.4 is 9.64 Å². The molecule has 1 amide bonds. The molecule has 0 aromatic heterocycles. The van der Waals surface area contributed by atoms with Crippen molar-refractivity contribution < 1.29 is 37.7 Å². The molecule has 0 radical (unpaired) electrons. The molecule has 2 aliphatic heterocycles. The van der Waals surface area contributed by atoms with Crippen LogP contribution in [0.4, 0.5) is 18.9 Å². The van der Waals surface area contributed by atoms with E-state index >= 15 is 0 Å². The Morgan fingerprint density at radius 1 is 1.00 bits per heavy atom. The topological polar surface area (TPSA) is 87.1 Å². The third-order valence-electron chi connectivity index (χ3n) is 6.07. The van der Waals surface area contributed by atoms with E-state index in [9.17, 15) is 33.0 Å². The van der Waals surface area contributed by atoms with Crippen molar-refractivity contribution in [2.24, 2.45) is 0 Å². The van der Waals surface area contributed by atoms with E-state index < -0.39 is 35.2 Å². The molecule has 3 aromatic rings. The monoisotopic (exact) mass is 481 g/mol. The lowest BCUT2D eigenvalue weighted by Crippen LogP contribution is -2.29. The van der Waals surface area contributed by atoms with Crippen molar-refractivity contribution >= 4 is 23.1 Å². The van der Waals surface area contributed by atoms with Crippen LogP contribution in [0.3, 0.4) is 0 Å². The van der Waals surface area contributed by atoms with E-state index in [2.05, 4.69) is 0 Å². The number of hydrogen-bond acceptors (Lipinski definition) is 5. The average molecular weight is 481 g/mol. The van der Waals surface area contributed by atoms with Gasteiger partial charge in [-0.05, 0) is 65.7 Å². The summed E-state index contributed by atoms with van der Waals surface area (Å²) in [4.78, 5) is 27.3. The molecule has 35 heavy (non-hydrogen) atoms. The summed E-state index contributed by atoms with van der Waals surface area (Å²) in [6.07, 6.45) is -3.96. The number of aromatic hydroxyl groups is 1. The quantitative estimate of drug-likeness (QED) is 0.313. The van der Waals surface area contributed by atoms with Crippen LogP contribution in [0.15, 0.2) is 72.3 Å². The molecular formula is C26H18F3NO5. The van der Waals surface area contributed by atoms with E-state index in [-0.39, 0.29) is 17.0 Å². The van der Waals surface area contributed by atoms with Crippen molar-refractivity contribution in [3.05, 3.63) is 94.6 Å². The molecule has 178 valence electrons. The highest BCUT2D eigenvalue weighted by Crippen LogP contribution is 2.44. The summed E-state index contributed by atoms with van der Waals surface area (Å²) in [5.41, 5.74) is 0.321. The number of anilines is 1. The number of nitrogens with zero attached hydrogens (tertiary/aromatic N) is 1. The van der Waals surface area contributed by atoms with Crippen molar-refractivity contribution in [3.63, 3.8) is 0 Å². The number of phenolic OH excluding ortho intramolecular Hbond substituents is 1. The predicted octanol–water partition coefficient (Wildman–Crippen LogP) is 4.97. The number of fused-ring (bicyclic) bond motifs is 1. The Morgan fingerprint density at radius 3 is 2.43 bits per heavy atom. The number of amides is 1. The van der Waals surface area contributed by atoms with Gasteiger partial charge in [-0.1, -0.05) is 12.1 Å². The second kappa shape index (κ2) is 8.19. The molecule has 0 saturated carbocycles. The van der Waals surface area contributed by atoms with Gasteiger partial charge in [0.2, 0.25) is 0 Å². The first-order valence-corrected chi connectivity index (χ1v) is 10.7. The molecule has 1 unspecified atom stereocenters. The fourth-order valence-corrected chi connectivity index (χ4v) is 4.41. The fraction of sp³-hybridized carbons (Fsp3) is 0.154. The number of alkyl halides is 3. The summed E-state index contributed by atoms with van der Waals surface area (Å²) in [5.74, 6) is -1.91. The van der Waals surface area contributed by atoms with E-state index in [1.807, 2.05) is 0 Å². The molecule has 1 atom stereocenters. The molecule has 1 fully saturated rings. The number of ketones is 1. The Hall–Kier alpha value is -4.27. The van der Waals surface area contributed by atoms with Gasteiger partial charge in [0, 0.05) is 17.7 Å². The van der Waals surface area contributed by atoms with Crippen LogP contribution in [0.5, 0.6) is 11.5 Å². The first-order valence-electron chi connectivity index (χ1n) is 10.7. The van der Waals surface area contributed by atoms with Gasteiger partial charge in [-0.3, -0.25) is 14.5 Å². The molecule has 2 heterocycles. The molecule has 6 nitrogen and oxygen atoms in total. The van der Waals surface area contributed by atoms with Crippen LogP contribution in [-0.4, -0.2) is 28.5 Å². The molecule has 2 N–H and O–H groups in total. The molecule has 1 saturated heterocycles. The van der Waals surface area contributed by atoms with E-state index in [1.165, 1.54) is 18.2 Å². The van der Waals surface area contributed by atoms with Crippen LogP contribution in [-0.2, 0) is 22.2 Å². The molecule has 0 bridgehead atoms.